The third kappa shape index (κ3) is 6.91. The number of thiazole rings is 1. The zero-order valence-electron chi connectivity index (χ0n) is 27.7. The molecule has 6 rings (SSSR count). The van der Waals surface area contributed by atoms with Crippen molar-refractivity contribution in [1.82, 2.24) is 4.57 Å². The molecule has 1 fully saturated rings. The fraction of sp³-hybridized carbons (Fsp3) is 0.306. The van der Waals surface area contributed by atoms with Crippen molar-refractivity contribution in [3.63, 3.8) is 0 Å². The molecule has 4 aromatic rings. The maximum Gasteiger partial charge on any atom is 0.416 e. The van der Waals surface area contributed by atoms with E-state index in [0.29, 0.717) is 26.7 Å². The molecule has 0 aliphatic carbocycles. The van der Waals surface area contributed by atoms with Gasteiger partial charge in [-0.3, -0.25) is 23.7 Å². The van der Waals surface area contributed by atoms with Crippen LogP contribution >= 0.6 is 23.1 Å². The number of carbonyl (C=O) groups excluding carboxylic acids is 4. The molecule has 0 radical (unpaired) electrons. The number of alkyl halides is 3. The quantitative estimate of drug-likeness (QED) is 0.147. The highest BCUT2D eigenvalue weighted by atomic mass is 32.2. The average Bonchev–Trinajstić information content (AvgIpc) is 3.55. The van der Waals surface area contributed by atoms with Crippen LogP contribution in [-0.2, 0) is 31.8 Å². The zero-order chi connectivity index (χ0) is 36.6. The second-order valence-corrected chi connectivity index (χ2v) is 14.0. The SMILES string of the molecule is CCOC(=O)c1ccc(NC(=O)Cn2c3c(sc2=O)[C@@H](c2ccc(N(CC)CC)cc2)[C@@H]2C(=O)N(c4cccc(C(F)(F)F)c4)C(=O)[C@@H]2S3)cc1. The molecule has 3 amide bonds. The Morgan fingerprint density at radius 3 is 2.24 bits per heavy atom. The number of esters is 1. The third-order valence-corrected chi connectivity index (χ3v) is 11.4. The summed E-state index contributed by atoms with van der Waals surface area (Å²) in [5.41, 5.74) is 1.06. The van der Waals surface area contributed by atoms with Crippen LogP contribution in [0.5, 0.6) is 0 Å². The summed E-state index contributed by atoms with van der Waals surface area (Å²) in [6.45, 7) is 7.04. The van der Waals surface area contributed by atoms with Gasteiger partial charge >= 0.3 is 17.0 Å². The van der Waals surface area contributed by atoms with Crippen LogP contribution in [0.2, 0.25) is 0 Å². The second kappa shape index (κ2) is 14.4. The van der Waals surface area contributed by atoms with Gasteiger partial charge in [0.25, 0.3) is 0 Å². The van der Waals surface area contributed by atoms with Crippen molar-refractivity contribution in [3.05, 3.63) is 104 Å². The van der Waals surface area contributed by atoms with Gasteiger partial charge in [-0.15, -0.1) is 0 Å². The Hall–Kier alpha value is -4.89. The number of anilines is 3. The Morgan fingerprint density at radius 2 is 1.61 bits per heavy atom. The number of nitrogens with zero attached hydrogens (tertiary/aromatic N) is 3. The zero-order valence-corrected chi connectivity index (χ0v) is 29.4. The first-order valence-electron chi connectivity index (χ1n) is 16.2. The first-order valence-corrected chi connectivity index (χ1v) is 17.9. The van der Waals surface area contributed by atoms with Crippen LogP contribution in [0.4, 0.5) is 30.2 Å². The average molecular weight is 739 g/mol. The van der Waals surface area contributed by atoms with Crippen molar-refractivity contribution in [1.29, 1.82) is 0 Å². The van der Waals surface area contributed by atoms with Crippen molar-refractivity contribution in [2.24, 2.45) is 5.92 Å². The summed E-state index contributed by atoms with van der Waals surface area (Å²) in [7, 11) is 0. The molecule has 0 bridgehead atoms. The van der Waals surface area contributed by atoms with Gasteiger partial charge in [0.1, 0.15) is 11.8 Å². The highest BCUT2D eigenvalue weighted by Gasteiger charge is 2.57. The summed E-state index contributed by atoms with van der Waals surface area (Å²) < 4.78 is 47.1. The van der Waals surface area contributed by atoms with Crippen molar-refractivity contribution in [2.75, 3.05) is 34.8 Å². The van der Waals surface area contributed by atoms with Crippen LogP contribution in [0.3, 0.4) is 0 Å². The number of amides is 3. The lowest BCUT2D eigenvalue weighted by atomic mass is 9.83. The molecule has 3 atom stereocenters. The summed E-state index contributed by atoms with van der Waals surface area (Å²) in [4.78, 5) is 69.9. The van der Waals surface area contributed by atoms with E-state index in [4.69, 9.17) is 4.74 Å². The van der Waals surface area contributed by atoms with Gasteiger partial charge in [0.05, 0.1) is 34.4 Å². The molecule has 1 saturated heterocycles. The number of fused-ring (bicyclic) bond motifs is 2. The molecule has 51 heavy (non-hydrogen) atoms. The number of hydrogen-bond donors (Lipinski definition) is 1. The van der Waals surface area contributed by atoms with Crippen LogP contribution in [0.25, 0.3) is 0 Å². The molecule has 10 nitrogen and oxygen atoms in total. The Morgan fingerprint density at radius 1 is 0.922 bits per heavy atom. The first-order chi connectivity index (χ1) is 24.4. The molecule has 3 heterocycles. The molecule has 0 unspecified atom stereocenters. The van der Waals surface area contributed by atoms with Crippen molar-refractivity contribution in [3.8, 4) is 0 Å². The minimum Gasteiger partial charge on any atom is -0.462 e. The molecule has 1 N–H and O–H groups in total. The second-order valence-electron chi connectivity index (χ2n) is 11.8. The molecular weight excluding hydrogens is 706 g/mol. The van der Waals surface area contributed by atoms with E-state index >= 15 is 0 Å². The minimum absolute atomic E-state index is 0.195. The monoisotopic (exact) mass is 738 g/mol. The molecule has 0 saturated carbocycles. The first kappa shape index (κ1) is 35.9. The van der Waals surface area contributed by atoms with Gasteiger partial charge in [0.2, 0.25) is 17.7 Å². The third-order valence-electron chi connectivity index (χ3n) is 8.84. The lowest BCUT2D eigenvalue weighted by molar-refractivity contribution is -0.137. The lowest BCUT2D eigenvalue weighted by Crippen LogP contribution is -2.33. The van der Waals surface area contributed by atoms with E-state index in [1.54, 1.807) is 6.92 Å². The van der Waals surface area contributed by atoms with E-state index in [1.165, 1.54) is 34.9 Å². The van der Waals surface area contributed by atoms with Crippen LogP contribution in [0.1, 0.15) is 53.1 Å². The molecule has 0 spiro atoms. The Balaban J connectivity index is 1.36. The van der Waals surface area contributed by atoms with Gasteiger partial charge in [0.15, 0.2) is 0 Å². The summed E-state index contributed by atoms with van der Waals surface area (Å²) >= 11 is 1.83. The van der Waals surface area contributed by atoms with E-state index in [0.717, 1.165) is 65.0 Å². The lowest BCUT2D eigenvalue weighted by Gasteiger charge is -2.31. The van der Waals surface area contributed by atoms with Crippen molar-refractivity contribution < 1.29 is 37.1 Å². The van der Waals surface area contributed by atoms with E-state index < -0.39 is 63.9 Å². The predicted molar refractivity (Wildman–Crippen MR) is 189 cm³/mol. The number of imide groups is 1. The molecule has 2 aliphatic rings. The standard InChI is InChI=1S/C36H33F3N4O6S2/c1-4-41(5-2)24-16-12-20(13-17-24)27-28-29(32(46)43(31(28)45)25-9-7-8-22(18-25)36(37,38)39)50-33-30(27)51-35(48)42(33)19-26(44)40-23-14-10-21(11-15-23)34(47)49-6-3/h7-18,27-29H,4-6,19H2,1-3H3,(H,40,44)/t27-,28-,29+/m0/s1. The van der Waals surface area contributed by atoms with Gasteiger partial charge in [-0.2, -0.15) is 13.2 Å². The van der Waals surface area contributed by atoms with Gasteiger partial charge in [-0.1, -0.05) is 41.3 Å². The number of thioether (sulfide) groups is 1. The summed E-state index contributed by atoms with van der Waals surface area (Å²) in [5, 5.41) is 1.97. The molecule has 2 aliphatic heterocycles. The molecule has 15 heteroatoms. The van der Waals surface area contributed by atoms with Gasteiger partial charge < -0.3 is 15.0 Å². The number of benzene rings is 3. The van der Waals surface area contributed by atoms with Gasteiger partial charge in [-0.25, -0.2) is 9.69 Å². The van der Waals surface area contributed by atoms with Crippen molar-refractivity contribution in [2.45, 2.75) is 49.7 Å². The number of aromatic nitrogens is 1. The highest BCUT2D eigenvalue weighted by molar-refractivity contribution is 8.00. The smallest absolute Gasteiger partial charge is 0.416 e. The van der Waals surface area contributed by atoms with E-state index in [-0.39, 0.29) is 12.3 Å². The summed E-state index contributed by atoms with van der Waals surface area (Å²) in [6.07, 6.45) is -4.69. The predicted octanol–water partition coefficient (Wildman–Crippen LogP) is 6.39. The Labute approximate surface area is 299 Å². The van der Waals surface area contributed by atoms with E-state index in [2.05, 4.69) is 10.2 Å². The number of halogens is 3. The molecular formula is C36H33F3N4O6S2. The van der Waals surface area contributed by atoms with Gasteiger partial charge in [-0.05, 0) is 80.9 Å². The minimum atomic E-state index is -4.69. The maximum absolute atomic E-state index is 14.2. The number of ether oxygens (including phenoxy) is 1. The van der Waals surface area contributed by atoms with Crippen LogP contribution in [0.15, 0.2) is 82.6 Å². The number of hydrogen-bond acceptors (Lipinski definition) is 9. The fourth-order valence-electron chi connectivity index (χ4n) is 6.42. The molecule has 266 valence electrons. The van der Waals surface area contributed by atoms with Crippen molar-refractivity contribution >= 4 is 63.9 Å². The molecule has 1 aromatic heterocycles. The maximum atomic E-state index is 14.2. The Bertz CT molecular complexity index is 2040. The van der Waals surface area contributed by atoms with Gasteiger partial charge in [0, 0.05) is 35.3 Å². The largest absolute Gasteiger partial charge is 0.462 e. The normalized spacial score (nSPS) is 18.3. The van der Waals surface area contributed by atoms with Crippen LogP contribution in [-0.4, -0.2) is 53.2 Å². The van der Waals surface area contributed by atoms with E-state index in [1.807, 2.05) is 38.1 Å². The van der Waals surface area contributed by atoms with Crippen LogP contribution < -0.4 is 20.0 Å². The number of rotatable bonds is 10. The van der Waals surface area contributed by atoms with Crippen LogP contribution in [0, 0.1) is 5.92 Å². The highest BCUT2D eigenvalue weighted by Crippen LogP contribution is 2.54. The molecule has 3 aromatic carbocycles. The summed E-state index contributed by atoms with van der Waals surface area (Å²) in [6, 6.07) is 17.6. The topological polar surface area (TPSA) is 118 Å². The fourth-order valence-corrected chi connectivity index (χ4v) is 9.19. The Kier molecular flexibility index (Phi) is 10.1. The summed E-state index contributed by atoms with van der Waals surface area (Å²) in [5.74, 6) is -4.25. The van der Waals surface area contributed by atoms with E-state index in [9.17, 15) is 37.1 Å². The number of carbonyl (C=O) groups is 4. The number of nitrogens with one attached hydrogen (secondary N) is 1.